The number of para-hydroxylation sites is 1. The summed E-state index contributed by atoms with van der Waals surface area (Å²) in [4.78, 5) is 0. The number of aromatic nitrogens is 1. The molecule has 0 aliphatic carbocycles. The van der Waals surface area contributed by atoms with Gasteiger partial charge in [0.05, 0.1) is 0 Å². The summed E-state index contributed by atoms with van der Waals surface area (Å²) in [6.45, 7) is 15.7. The van der Waals surface area contributed by atoms with Crippen molar-refractivity contribution in [2.24, 2.45) is 0 Å². The molecule has 0 amide bonds. The Kier molecular flexibility index (Phi) is 17.4. The molecule has 0 bridgehead atoms. The third kappa shape index (κ3) is 9.23. The third-order valence-electron chi connectivity index (χ3n) is 2.75. The summed E-state index contributed by atoms with van der Waals surface area (Å²) >= 11 is 0. The van der Waals surface area contributed by atoms with Crippen molar-refractivity contribution in [3.05, 3.63) is 42.6 Å². The summed E-state index contributed by atoms with van der Waals surface area (Å²) in [5.41, 5.74) is 1.33. The normalized spacial score (nSPS) is 8.52. The summed E-state index contributed by atoms with van der Waals surface area (Å²) in [5, 5.41) is 1.32. The molecule has 1 heterocycles. The highest BCUT2D eigenvalue weighted by molar-refractivity contribution is 5.74. The predicted octanol–water partition coefficient (Wildman–Crippen LogP) is 6.40. The molecule has 1 nitrogen and oxygen atoms in total. The van der Waals surface area contributed by atoms with Crippen LogP contribution in [0.4, 0.5) is 0 Å². The number of hydrogen-bond acceptors (Lipinski definition) is 0. The fraction of sp³-hybridized carbons (Fsp3) is 0.550. The minimum atomic E-state index is 1.10. The van der Waals surface area contributed by atoms with Gasteiger partial charge < -0.3 is 0 Å². The number of rotatable bonds is 3. The number of fused-ring (bicyclic) bond motifs is 1. The van der Waals surface area contributed by atoms with E-state index in [9.17, 15) is 0 Å². The topological polar surface area (TPSA) is 3.88 Å². The summed E-state index contributed by atoms with van der Waals surface area (Å²) in [6, 6.07) is 12.8. The Morgan fingerprint density at radius 1 is 0.714 bits per heavy atom. The standard InChI is InChI=1S/C12H14N.C4H10.2C2H6/c1-2-9-13-10-5-7-11-6-3-4-8-12(11)13;1-3-4-2;2*1-2/h3-8,10H,2,9H2,1H3;3-4H2,1-2H3;2*1-2H3/q+1;;;. The van der Waals surface area contributed by atoms with E-state index in [-0.39, 0.29) is 0 Å². The minimum absolute atomic E-state index is 1.10. The second-order valence-corrected chi connectivity index (χ2v) is 4.26. The molecule has 0 spiro atoms. The van der Waals surface area contributed by atoms with Gasteiger partial charge in [0.1, 0.15) is 6.54 Å². The Labute approximate surface area is 133 Å². The van der Waals surface area contributed by atoms with Crippen molar-refractivity contribution in [3.63, 3.8) is 0 Å². The molecule has 1 heteroatoms. The lowest BCUT2D eigenvalue weighted by atomic mass is 10.2. The van der Waals surface area contributed by atoms with Crippen LogP contribution < -0.4 is 4.57 Å². The molecular formula is C20H36N+. The lowest BCUT2D eigenvalue weighted by Gasteiger charge is -1.98. The number of unbranched alkanes of at least 4 members (excludes halogenated alkanes) is 1. The van der Waals surface area contributed by atoms with E-state index in [1.807, 2.05) is 27.7 Å². The van der Waals surface area contributed by atoms with Crippen LogP contribution in [0.5, 0.6) is 0 Å². The Morgan fingerprint density at radius 2 is 1.24 bits per heavy atom. The molecule has 0 fully saturated rings. The van der Waals surface area contributed by atoms with Crippen LogP contribution >= 0.6 is 0 Å². The van der Waals surface area contributed by atoms with Crippen LogP contribution in [0.1, 0.15) is 67.7 Å². The first kappa shape index (κ1) is 21.9. The molecule has 0 saturated heterocycles. The van der Waals surface area contributed by atoms with E-state index in [1.54, 1.807) is 0 Å². The van der Waals surface area contributed by atoms with Crippen LogP contribution in [0.15, 0.2) is 42.6 Å². The number of pyridine rings is 1. The number of hydrogen-bond donors (Lipinski definition) is 0. The second-order valence-electron chi connectivity index (χ2n) is 4.26. The van der Waals surface area contributed by atoms with Crippen LogP contribution in [-0.4, -0.2) is 0 Å². The Hall–Kier alpha value is -1.37. The van der Waals surface area contributed by atoms with E-state index in [1.165, 1.54) is 30.2 Å². The van der Waals surface area contributed by atoms with Crippen LogP contribution in [-0.2, 0) is 6.54 Å². The van der Waals surface area contributed by atoms with Crippen molar-refractivity contribution in [1.29, 1.82) is 0 Å². The highest BCUT2D eigenvalue weighted by Gasteiger charge is 2.04. The van der Waals surface area contributed by atoms with Crippen molar-refractivity contribution in [3.8, 4) is 0 Å². The molecule has 0 atom stereocenters. The van der Waals surface area contributed by atoms with Gasteiger partial charge in [-0.25, -0.2) is 0 Å². The van der Waals surface area contributed by atoms with Crippen molar-refractivity contribution in [2.45, 2.75) is 74.3 Å². The first-order chi connectivity index (χ1) is 10.3. The van der Waals surface area contributed by atoms with Crippen LogP contribution in [0.25, 0.3) is 10.9 Å². The second kappa shape index (κ2) is 16.7. The molecule has 1 aromatic carbocycles. The van der Waals surface area contributed by atoms with E-state index < -0.39 is 0 Å². The molecule has 2 aromatic rings. The fourth-order valence-electron chi connectivity index (χ4n) is 1.66. The maximum absolute atomic E-state index is 2.30. The van der Waals surface area contributed by atoms with E-state index >= 15 is 0 Å². The van der Waals surface area contributed by atoms with Crippen molar-refractivity contribution < 1.29 is 4.57 Å². The molecule has 0 saturated carbocycles. The van der Waals surface area contributed by atoms with Crippen molar-refractivity contribution >= 4 is 10.9 Å². The molecule has 0 aliphatic rings. The third-order valence-corrected chi connectivity index (χ3v) is 2.75. The zero-order chi connectivity index (χ0) is 16.5. The lowest BCUT2D eigenvalue weighted by Crippen LogP contribution is -2.33. The van der Waals surface area contributed by atoms with Gasteiger partial charge in [0.25, 0.3) is 0 Å². The van der Waals surface area contributed by atoms with E-state index in [0.29, 0.717) is 0 Å². The van der Waals surface area contributed by atoms with Gasteiger partial charge in [-0.1, -0.05) is 73.4 Å². The molecule has 2 rings (SSSR count). The Balaban J connectivity index is 0. The largest absolute Gasteiger partial charge is 0.212 e. The van der Waals surface area contributed by atoms with Gasteiger partial charge in [-0.3, -0.25) is 0 Å². The van der Waals surface area contributed by atoms with Gasteiger partial charge in [-0.2, -0.15) is 4.57 Å². The highest BCUT2D eigenvalue weighted by Crippen LogP contribution is 2.07. The SMILES string of the molecule is CC.CC.CCCC.CCC[n+]1cccc2ccccc21. The first-order valence-corrected chi connectivity index (χ1v) is 8.70. The Morgan fingerprint density at radius 3 is 1.76 bits per heavy atom. The van der Waals surface area contributed by atoms with E-state index in [0.717, 1.165) is 6.54 Å². The maximum Gasteiger partial charge on any atom is 0.212 e. The molecule has 21 heavy (non-hydrogen) atoms. The van der Waals surface area contributed by atoms with Gasteiger partial charge in [0.2, 0.25) is 5.52 Å². The molecule has 0 unspecified atom stereocenters. The quantitative estimate of drug-likeness (QED) is 0.576. The predicted molar refractivity (Wildman–Crippen MR) is 97.7 cm³/mol. The fourth-order valence-corrected chi connectivity index (χ4v) is 1.66. The summed E-state index contributed by atoms with van der Waals surface area (Å²) in [6.07, 6.45) is 5.96. The molecule has 0 radical (unpaired) electrons. The molecule has 0 aliphatic heterocycles. The van der Waals surface area contributed by atoms with E-state index in [4.69, 9.17) is 0 Å². The maximum atomic E-state index is 2.30. The Bertz CT molecular complexity index is 427. The van der Waals surface area contributed by atoms with Gasteiger partial charge in [-0.15, -0.1) is 0 Å². The van der Waals surface area contributed by atoms with Crippen molar-refractivity contribution in [1.82, 2.24) is 0 Å². The molecule has 120 valence electrons. The number of benzene rings is 1. The van der Waals surface area contributed by atoms with Gasteiger partial charge in [0, 0.05) is 23.9 Å². The zero-order valence-corrected chi connectivity index (χ0v) is 15.3. The van der Waals surface area contributed by atoms with E-state index in [2.05, 4.69) is 67.9 Å². The molecular weight excluding hydrogens is 254 g/mol. The summed E-state index contributed by atoms with van der Waals surface area (Å²) in [7, 11) is 0. The minimum Gasteiger partial charge on any atom is -0.198 e. The number of aryl methyl sites for hydroxylation is 1. The summed E-state index contributed by atoms with van der Waals surface area (Å²) < 4.78 is 2.30. The number of nitrogens with zero attached hydrogens (tertiary/aromatic N) is 1. The highest BCUT2D eigenvalue weighted by atomic mass is 14.9. The van der Waals surface area contributed by atoms with Crippen molar-refractivity contribution in [2.75, 3.05) is 0 Å². The van der Waals surface area contributed by atoms with Gasteiger partial charge in [0.15, 0.2) is 6.20 Å². The molecule has 0 N–H and O–H groups in total. The zero-order valence-electron chi connectivity index (χ0n) is 15.3. The van der Waals surface area contributed by atoms with Crippen LogP contribution in [0.3, 0.4) is 0 Å². The average Bonchev–Trinajstić information content (AvgIpc) is 2.59. The first-order valence-electron chi connectivity index (χ1n) is 8.70. The molecule has 1 aromatic heterocycles. The lowest BCUT2D eigenvalue weighted by molar-refractivity contribution is -0.671. The monoisotopic (exact) mass is 290 g/mol. The average molecular weight is 291 g/mol. The van der Waals surface area contributed by atoms with Gasteiger partial charge >= 0.3 is 0 Å². The van der Waals surface area contributed by atoms with Crippen LogP contribution in [0.2, 0.25) is 0 Å². The van der Waals surface area contributed by atoms with Gasteiger partial charge in [-0.05, 0) is 12.1 Å². The smallest absolute Gasteiger partial charge is 0.198 e. The summed E-state index contributed by atoms with van der Waals surface area (Å²) in [5.74, 6) is 0. The van der Waals surface area contributed by atoms with Crippen LogP contribution in [0, 0.1) is 0 Å².